The largest absolute Gasteiger partial charge is 0.255 e. The van der Waals surface area contributed by atoms with Gasteiger partial charge in [-0.25, -0.2) is 10.8 Å². The molecule has 1 atom stereocenters. The van der Waals surface area contributed by atoms with Crippen molar-refractivity contribution in [2.75, 3.05) is 0 Å². The molecule has 0 radical (unpaired) electrons. The third kappa shape index (κ3) is 2.39. The van der Waals surface area contributed by atoms with Crippen molar-refractivity contribution in [1.29, 1.82) is 5.26 Å². The van der Waals surface area contributed by atoms with Gasteiger partial charge in [-0.1, -0.05) is 23.7 Å². The Hall–Kier alpha value is -1.61. The van der Waals surface area contributed by atoms with Crippen LogP contribution in [0.3, 0.4) is 0 Å². The van der Waals surface area contributed by atoms with E-state index in [-0.39, 0.29) is 5.29 Å². The molecule has 0 aliphatic carbocycles. The molecule has 1 aliphatic rings. The van der Waals surface area contributed by atoms with Crippen molar-refractivity contribution in [2.45, 2.75) is 5.62 Å². The lowest BCUT2D eigenvalue weighted by atomic mass is 10.1. The second-order valence-electron chi connectivity index (χ2n) is 3.24. The maximum atomic E-state index is 8.82. The molecule has 86 valence electrons. The van der Waals surface area contributed by atoms with E-state index in [2.05, 4.69) is 9.98 Å². The van der Waals surface area contributed by atoms with Crippen LogP contribution in [0.5, 0.6) is 0 Å². The maximum Gasteiger partial charge on any atom is 0.222 e. The number of halogens is 2. The van der Waals surface area contributed by atoms with E-state index < -0.39 is 5.62 Å². The van der Waals surface area contributed by atoms with Crippen LogP contribution in [0, 0.1) is 11.3 Å². The molecule has 0 aromatic heterocycles. The molecule has 0 bridgehead atoms. The lowest BCUT2D eigenvalue weighted by Crippen LogP contribution is -2.45. The molecule has 0 spiro atoms. The molecular formula is C10H7Cl2N5. The van der Waals surface area contributed by atoms with Crippen molar-refractivity contribution >= 4 is 34.3 Å². The molecular weight excluding hydrogens is 261 g/mol. The van der Waals surface area contributed by atoms with E-state index in [9.17, 15) is 0 Å². The van der Waals surface area contributed by atoms with E-state index in [4.69, 9.17) is 34.3 Å². The van der Waals surface area contributed by atoms with E-state index in [1.54, 1.807) is 24.3 Å². The average Bonchev–Trinajstić information content (AvgIpc) is 2.34. The number of rotatable bonds is 1. The smallest absolute Gasteiger partial charge is 0.222 e. The first-order chi connectivity index (χ1) is 8.11. The van der Waals surface area contributed by atoms with Crippen LogP contribution in [0.25, 0.3) is 0 Å². The maximum absolute atomic E-state index is 8.82. The molecule has 1 aromatic carbocycles. The minimum absolute atomic E-state index is 0.0315. The van der Waals surface area contributed by atoms with E-state index in [0.717, 1.165) is 0 Å². The van der Waals surface area contributed by atoms with Crippen molar-refractivity contribution in [3.63, 3.8) is 0 Å². The van der Waals surface area contributed by atoms with Crippen LogP contribution in [-0.2, 0) is 0 Å². The van der Waals surface area contributed by atoms with Gasteiger partial charge >= 0.3 is 0 Å². The fourth-order valence-electron chi connectivity index (χ4n) is 1.37. The summed E-state index contributed by atoms with van der Waals surface area (Å²) in [6.45, 7) is 0. The summed E-state index contributed by atoms with van der Waals surface area (Å²) in [5.74, 6) is 6.11. The summed E-state index contributed by atoms with van der Waals surface area (Å²) in [5, 5.41) is 10.0. The summed E-state index contributed by atoms with van der Waals surface area (Å²) < 4.78 is 0. The van der Waals surface area contributed by atoms with Gasteiger partial charge in [0, 0.05) is 5.56 Å². The van der Waals surface area contributed by atoms with Gasteiger partial charge in [0.25, 0.3) is 0 Å². The fourth-order valence-corrected chi connectivity index (χ4v) is 1.77. The van der Waals surface area contributed by atoms with Crippen molar-refractivity contribution in [3.05, 3.63) is 35.4 Å². The monoisotopic (exact) mass is 267 g/mol. The molecule has 0 saturated carbocycles. The van der Waals surface area contributed by atoms with Crippen LogP contribution in [0.2, 0.25) is 0 Å². The molecule has 17 heavy (non-hydrogen) atoms. The highest BCUT2D eigenvalue weighted by Crippen LogP contribution is 2.16. The Morgan fingerprint density at radius 3 is 2.94 bits per heavy atom. The molecule has 5 nitrogen and oxygen atoms in total. The standard InChI is InChI=1S/C10H7Cl2N5/c11-9-15-8(17(14)10(12)16-9)7-3-1-2-6(4-7)5-13/h1-4,10H,14H2. The Bertz CT molecular complexity index is 546. The number of aliphatic imine (C=N–C) groups is 2. The predicted molar refractivity (Wildman–Crippen MR) is 66.6 cm³/mol. The lowest BCUT2D eigenvalue weighted by molar-refractivity contribution is 0.412. The molecule has 1 aliphatic heterocycles. The summed E-state index contributed by atoms with van der Waals surface area (Å²) in [4.78, 5) is 7.78. The SMILES string of the molecule is N#Cc1cccc(C2=NC(Cl)=NC(Cl)N2N)c1. The average molecular weight is 268 g/mol. The van der Waals surface area contributed by atoms with Gasteiger partial charge in [0.05, 0.1) is 11.6 Å². The number of amidine groups is 2. The first-order valence-electron chi connectivity index (χ1n) is 4.62. The molecule has 2 N–H and O–H groups in total. The van der Waals surface area contributed by atoms with Gasteiger partial charge in [-0.15, -0.1) is 0 Å². The second kappa shape index (κ2) is 4.72. The van der Waals surface area contributed by atoms with Crippen LogP contribution >= 0.6 is 23.2 Å². The molecule has 1 aromatic rings. The third-order valence-corrected chi connectivity index (χ3v) is 2.63. The Labute approximate surface area is 108 Å². The van der Waals surface area contributed by atoms with Gasteiger partial charge in [-0.2, -0.15) is 10.3 Å². The number of nitrogens with zero attached hydrogens (tertiary/aromatic N) is 4. The summed E-state index contributed by atoms with van der Waals surface area (Å²) in [6, 6.07) is 8.86. The third-order valence-electron chi connectivity index (χ3n) is 2.14. The van der Waals surface area contributed by atoms with Crippen LogP contribution in [0.4, 0.5) is 0 Å². The highest BCUT2D eigenvalue weighted by Gasteiger charge is 2.22. The van der Waals surface area contributed by atoms with E-state index in [0.29, 0.717) is 17.0 Å². The van der Waals surface area contributed by atoms with E-state index >= 15 is 0 Å². The predicted octanol–water partition coefficient (Wildman–Crippen LogP) is 1.61. The van der Waals surface area contributed by atoms with Gasteiger partial charge in [-0.05, 0) is 23.7 Å². The molecule has 1 unspecified atom stereocenters. The summed E-state index contributed by atoms with van der Waals surface area (Å²) in [7, 11) is 0. The Balaban J connectivity index is 2.46. The van der Waals surface area contributed by atoms with Gasteiger partial charge in [0.1, 0.15) is 0 Å². The van der Waals surface area contributed by atoms with Gasteiger partial charge < -0.3 is 0 Å². The Morgan fingerprint density at radius 1 is 1.47 bits per heavy atom. The molecule has 0 saturated heterocycles. The van der Waals surface area contributed by atoms with Crippen LogP contribution in [-0.4, -0.2) is 21.8 Å². The topological polar surface area (TPSA) is 77.8 Å². The van der Waals surface area contributed by atoms with Gasteiger partial charge in [0.15, 0.2) is 5.84 Å². The number of benzene rings is 1. The van der Waals surface area contributed by atoms with Crippen molar-refractivity contribution in [1.82, 2.24) is 5.01 Å². The normalized spacial score (nSPS) is 19.4. The quantitative estimate of drug-likeness (QED) is 0.477. The Morgan fingerprint density at radius 2 is 2.24 bits per heavy atom. The lowest BCUT2D eigenvalue weighted by Gasteiger charge is -2.25. The molecule has 2 rings (SSSR count). The number of hydrogen-bond acceptors (Lipinski definition) is 5. The molecule has 0 fully saturated rings. The fraction of sp³-hybridized carbons (Fsp3) is 0.100. The Kier molecular flexibility index (Phi) is 3.29. The number of nitrogens with two attached hydrogens (primary N) is 1. The van der Waals surface area contributed by atoms with E-state index in [1.807, 2.05) is 6.07 Å². The highest BCUT2D eigenvalue weighted by molar-refractivity contribution is 6.66. The highest BCUT2D eigenvalue weighted by atomic mass is 35.5. The number of hydrogen-bond donors (Lipinski definition) is 1. The number of hydrazine groups is 1. The zero-order valence-corrected chi connectivity index (χ0v) is 10.0. The first kappa shape index (κ1) is 11.9. The zero-order chi connectivity index (χ0) is 12.4. The molecule has 0 amide bonds. The van der Waals surface area contributed by atoms with Gasteiger partial charge in [-0.3, -0.25) is 5.01 Å². The van der Waals surface area contributed by atoms with Crippen LogP contribution in [0.15, 0.2) is 34.3 Å². The first-order valence-corrected chi connectivity index (χ1v) is 5.44. The van der Waals surface area contributed by atoms with Crippen LogP contribution < -0.4 is 5.84 Å². The summed E-state index contributed by atoms with van der Waals surface area (Å²) >= 11 is 11.6. The molecule has 1 heterocycles. The zero-order valence-electron chi connectivity index (χ0n) is 8.51. The van der Waals surface area contributed by atoms with Crippen molar-refractivity contribution < 1.29 is 0 Å². The van der Waals surface area contributed by atoms with Gasteiger partial charge in [0.2, 0.25) is 10.9 Å². The summed E-state index contributed by atoms with van der Waals surface area (Å²) in [6.07, 6.45) is 0. The molecule has 7 heteroatoms. The van der Waals surface area contributed by atoms with Crippen LogP contribution in [0.1, 0.15) is 11.1 Å². The minimum atomic E-state index is -0.805. The number of alkyl halides is 1. The second-order valence-corrected chi connectivity index (χ2v) is 3.97. The van der Waals surface area contributed by atoms with E-state index in [1.165, 1.54) is 5.01 Å². The van der Waals surface area contributed by atoms with Crippen molar-refractivity contribution in [2.24, 2.45) is 15.8 Å². The van der Waals surface area contributed by atoms with Crippen molar-refractivity contribution in [3.8, 4) is 6.07 Å². The number of nitriles is 1. The summed E-state index contributed by atoms with van der Waals surface area (Å²) in [5.41, 5.74) is 0.356. The minimum Gasteiger partial charge on any atom is -0.255 e.